The van der Waals surface area contributed by atoms with Gasteiger partial charge in [0.05, 0.1) is 6.04 Å². The average Bonchev–Trinajstić information content (AvgIpc) is 3.51. The van der Waals surface area contributed by atoms with Gasteiger partial charge in [0, 0.05) is 28.6 Å². The number of nitrogens with one attached hydrogen (secondary N) is 1. The molecule has 2 heterocycles. The van der Waals surface area contributed by atoms with Gasteiger partial charge in [-0.3, -0.25) is 9.59 Å². The molecule has 1 fully saturated rings. The van der Waals surface area contributed by atoms with Crippen molar-refractivity contribution in [2.45, 2.75) is 25.3 Å². The van der Waals surface area contributed by atoms with Gasteiger partial charge < -0.3 is 10.2 Å². The molecular weight excluding hydrogens is 380 g/mol. The van der Waals surface area contributed by atoms with Crippen LogP contribution in [0.25, 0.3) is 0 Å². The molecule has 146 valence electrons. The van der Waals surface area contributed by atoms with Crippen LogP contribution in [0.3, 0.4) is 0 Å². The highest BCUT2D eigenvalue weighted by Crippen LogP contribution is 2.38. The Morgan fingerprint density at radius 1 is 0.966 bits per heavy atom. The number of hydrogen-bond donors (Lipinski definition) is 1. The zero-order valence-electron chi connectivity index (χ0n) is 16.0. The molecule has 0 bridgehead atoms. The molecule has 29 heavy (non-hydrogen) atoms. The normalized spacial score (nSPS) is 18.2. The summed E-state index contributed by atoms with van der Waals surface area (Å²) in [5.74, 6) is 0.265. The minimum absolute atomic E-state index is 0.0239. The van der Waals surface area contributed by atoms with E-state index in [0.29, 0.717) is 12.1 Å². The van der Waals surface area contributed by atoms with Crippen molar-refractivity contribution in [2.24, 2.45) is 5.92 Å². The zero-order chi connectivity index (χ0) is 19.8. The van der Waals surface area contributed by atoms with E-state index < -0.39 is 0 Å². The summed E-state index contributed by atoms with van der Waals surface area (Å²) in [7, 11) is 0. The second-order valence-electron chi connectivity index (χ2n) is 7.70. The molecule has 1 atom stereocenters. The standard InChI is InChI=1S/C24H22N2O2S/c27-23(17-6-7-17)25-19-10-8-18(9-11-19)24(28)26-14-12-21-20(13-15-29-21)22(26)16-4-2-1-3-5-16/h1-5,8-11,13,15,17,22H,6-7,12,14H2,(H,25,27). The first-order valence-electron chi connectivity index (χ1n) is 10.0. The van der Waals surface area contributed by atoms with Crippen molar-refractivity contribution in [3.63, 3.8) is 0 Å². The Morgan fingerprint density at radius 3 is 2.45 bits per heavy atom. The summed E-state index contributed by atoms with van der Waals surface area (Å²) in [6.07, 6.45) is 2.84. The number of thiophene rings is 1. The Morgan fingerprint density at radius 2 is 1.72 bits per heavy atom. The van der Waals surface area contributed by atoms with Gasteiger partial charge in [0.15, 0.2) is 0 Å². The third kappa shape index (κ3) is 3.58. The first-order valence-corrected chi connectivity index (χ1v) is 10.9. The topological polar surface area (TPSA) is 49.4 Å². The molecule has 1 aliphatic carbocycles. The molecule has 5 rings (SSSR count). The fourth-order valence-corrected chi connectivity index (χ4v) is 4.89. The van der Waals surface area contributed by atoms with Gasteiger partial charge in [0.1, 0.15) is 0 Å². The summed E-state index contributed by atoms with van der Waals surface area (Å²) in [6, 6.07) is 19.6. The number of nitrogens with zero attached hydrogens (tertiary/aromatic N) is 1. The Hall–Kier alpha value is -2.92. The predicted octanol–water partition coefficient (Wildman–Crippen LogP) is 4.88. The lowest BCUT2D eigenvalue weighted by Gasteiger charge is -2.36. The number of carbonyl (C=O) groups is 2. The van der Waals surface area contributed by atoms with E-state index in [1.54, 1.807) is 11.3 Å². The number of anilines is 1. The van der Waals surface area contributed by atoms with Crippen LogP contribution in [0.4, 0.5) is 5.69 Å². The number of amides is 2. The molecule has 2 aromatic carbocycles. The van der Waals surface area contributed by atoms with E-state index in [2.05, 4.69) is 28.9 Å². The number of carbonyl (C=O) groups excluding carboxylic acids is 2. The molecule has 2 aliphatic rings. The summed E-state index contributed by atoms with van der Waals surface area (Å²) >= 11 is 1.77. The summed E-state index contributed by atoms with van der Waals surface area (Å²) < 4.78 is 0. The Labute approximate surface area is 174 Å². The van der Waals surface area contributed by atoms with Crippen LogP contribution in [0.2, 0.25) is 0 Å². The summed E-state index contributed by atoms with van der Waals surface area (Å²) in [6.45, 7) is 0.700. The maximum absolute atomic E-state index is 13.4. The maximum atomic E-state index is 13.4. The monoisotopic (exact) mass is 402 g/mol. The van der Waals surface area contributed by atoms with Gasteiger partial charge in [-0.05, 0) is 66.1 Å². The zero-order valence-corrected chi connectivity index (χ0v) is 16.8. The van der Waals surface area contributed by atoms with Crippen LogP contribution < -0.4 is 5.32 Å². The fourth-order valence-electron chi connectivity index (χ4n) is 3.98. The Bertz CT molecular complexity index is 1040. The van der Waals surface area contributed by atoms with E-state index >= 15 is 0 Å². The Balaban J connectivity index is 1.41. The van der Waals surface area contributed by atoms with Crippen LogP contribution in [-0.2, 0) is 11.2 Å². The lowest BCUT2D eigenvalue weighted by Crippen LogP contribution is -2.40. The molecule has 3 aromatic rings. The minimum Gasteiger partial charge on any atom is -0.327 e. The van der Waals surface area contributed by atoms with Crippen molar-refractivity contribution >= 4 is 28.8 Å². The van der Waals surface area contributed by atoms with E-state index in [0.717, 1.165) is 30.5 Å². The molecule has 0 saturated heterocycles. The van der Waals surface area contributed by atoms with E-state index in [1.807, 2.05) is 47.4 Å². The van der Waals surface area contributed by atoms with Crippen molar-refractivity contribution in [2.75, 3.05) is 11.9 Å². The van der Waals surface area contributed by atoms with Crippen molar-refractivity contribution in [3.05, 3.63) is 87.6 Å². The molecule has 1 aliphatic heterocycles. The highest BCUT2D eigenvalue weighted by molar-refractivity contribution is 7.10. The third-order valence-corrected chi connectivity index (χ3v) is 6.69. The molecule has 1 saturated carbocycles. The molecule has 1 unspecified atom stereocenters. The van der Waals surface area contributed by atoms with Gasteiger partial charge in [-0.15, -0.1) is 11.3 Å². The quantitative estimate of drug-likeness (QED) is 0.676. The summed E-state index contributed by atoms with van der Waals surface area (Å²) in [4.78, 5) is 28.7. The molecule has 0 radical (unpaired) electrons. The van der Waals surface area contributed by atoms with Crippen molar-refractivity contribution < 1.29 is 9.59 Å². The van der Waals surface area contributed by atoms with E-state index in [4.69, 9.17) is 0 Å². The van der Waals surface area contributed by atoms with Gasteiger partial charge in [-0.25, -0.2) is 0 Å². The summed E-state index contributed by atoms with van der Waals surface area (Å²) in [5, 5.41) is 5.05. The van der Waals surface area contributed by atoms with Gasteiger partial charge in [-0.1, -0.05) is 30.3 Å². The molecule has 1 N–H and O–H groups in total. The van der Waals surface area contributed by atoms with Crippen molar-refractivity contribution in [1.82, 2.24) is 4.90 Å². The lowest BCUT2D eigenvalue weighted by atomic mass is 9.92. The van der Waals surface area contributed by atoms with Gasteiger partial charge in [0.2, 0.25) is 5.91 Å². The molecule has 4 nitrogen and oxygen atoms in total. The summed E-state index contributed by atoms with van der Waals surface area (Å²) in [5.41, 5.74) is 3.76. The van der Waals surface area contributed by atoms with Crippen molar-refractivity contribution in [1.29, 1.82) is 0 Å². The first-order chi connectivity index (χ1) is 14.2. The highest BCUT2D eigenvalue weighted by atomic mass is 32.1. The van der Waals surface area contributed by atoms with E-state index in [-0.39, 0.29) is 23.8 Å². The molecule has 0 spiro atoms. The Kier molecular flexibility index (Phi) is 4.68. The second-order valence-corrected chi connectivity index (χ2v) is 8.70. The molecule has 2 amide bonds. The second kappa shape index (κ2) is 7.48. The minimum atomic E-state index is -0.0621. The maximum Gasteiger partial charge on any atom is 0.254 e. The SMILES string of the molecule is O=C(Nc1ccc(C(=O)N2CCc3sccc3C2c2ccccc2)cc1)C1CC1. The van der Waals surface area contributed by atoms with Gasteiger partial charge in [-0.2, -0.15) is 0 Å². The first kappa shape index (κ1) is 18.1. The van der Waals surface area contributed by atoms with Crippen LogP contribution in [-0.4, -0.2) is 23.3 Å². The van der Waals surface area contributed by atoms with Crippen LogP contribution >= 0.6 is 11.3 Å². The molecule has 5 heteroatoms. The van der Waals surface area contributed by atoms with Crippen LogP contribution in [0.5, 0.6) is 0 Å². The number of fused-ring (bicyclic) bond motifs is 1. The fraction of sp³-hybridized carbons (Fsp3) is 0.250. The van der Waals surface area contributed by atoms with Crippen molar-refractivity contribution in [3.8, 4) is 0 Å². The van der Waals surface area contributed by atoms with Crippen LogP contribution in [0, 0.1) is 5.92 Å². The highest BCUT2D eigenvalue weighted by Gasteiger charge is 2.33. The number of benzene rings is 2. The molecule has 1 aromatic heterocycles. The molecular formula is C24H22N2O2S. The van der Waals surface area contributed by atoms with Gasteiger partial charge in [0.25, 0.3) is 5.91 Å². The largest absolute Gasteiger partial charge is 0.327 e. The number of rotatable bonds is 4. The van der Waals surface area contributed by atoms with E-state index in [1.165, 1.54) is 10.4 Å². The van der Waals surface area contributed by atoms with Gasteiger partial charge >= 0.3 is 0 Å². The van der Waals surface area contributed by atoms with E-state index in [9.17, 15) is 9.59 Å². The lowest BCUT2D eigenvalue weighted by molar-refractivity contribution is -0.117. The van der Waals surface area contributed by atoms with Crippen LogP contribution in [0.15, 0.2) is 66.0 Å². The van der Waals surface area contributed by atoms with Crippen LogP contribution in [0.1, 0.15) is 45.2 Å². The number of hydrogen-bond acceptors (Lipinski definition) is 3. The smallest absolute Gasteiger partial charge is 0.254 e. The predicted molar refractivity (Wildman–Crippen MR) is 115 cm³/mol. The average molecular weight is 403 g/mol. The third-order valence-electron chi connectivity index (χ3n) is 5.69.